The number of fused-ring (bicyclic) bond motifs is 3. The second-order valence-electron chi connectivity index (χ2n) is 7.78. The van der Waals surface area contributed by atoms with Gasteiger partial charge in [-0.15, -0.1) is 0 Å². The Labute approximate surface area is 166 Å². The van der Waals surface area contributed by atoms with Crippen LogP contribution in [-0.4, -0.2) is 59.3 Å². The third kappa shape index (κ3) is 2.58. The van der Waals surface area contributed by atoms with Crippen molar-refractivity contribution < 1.29 is 19.8 Å². The van der Waals surface area contributed by atoms with Gasteiger partial charge in [-0.3, -0.25) is 14.5 Å². The zero-order valence-electron chi connectivity index (χ0n) is 14.6. The molecule has 0 aromatic heterocycles. The summed E-state index contributed by atoms with van der Waals surface area (Å²) < 4.78 is -0.640. The first-order chi connectivity index (χ1) is 12.3. The minimum absolute atomic E-state index is 0.192. The van der Waals surface area contributed by atoms with Crippen molar-refractivity contribution in [3.63, 3.8) is 0 Å². The molecule has 0 spiro atoms. The number of aliphatic hydroxyl groups is 2. The van der Waals surface area contributed by atoms with Gasteiger partial charge < -0.3 is 15.1 Å². The molecule has 0 saturated carbocycles. The summed E-state index contributed by atoms with van der Waals surface area (Å²) in [5.41, 5.74) is -0.485. The molecule has 2 N–H and O–H groups in total. The van der Waals surface area contributed by atoms with Gasteiger partial charge in [-0.05, 0) is 38.2 Å². The Morgan fingerprint density at radius 3 is 2.58 bits per heavy atom. The van der Waals surface area contributed by atoms with Gasteiger partial charge in [0.1, 0.15) is 12.3 Å². The maximum Gasteiger partial charge on any atom is 0.248 e. The first-order valence-corrected chi connectivity index (χ1v) is 10.1. The number of amides is 2. The van der Waals surface area contributed by atoms with E-state index in [0.717, 1.165) is 5.56 Å². The number of piperidine rings is 1. The molecule has 3 saturated heterocycles. The maximum atomic E-state index is 13.2. The molecule has 6 nitrogen and oxygen atoms in total. The van der Waals surface area contributed by atoms with E-state index in [4.69, 9.17) is 0 Å². The van der Waals surface area contributed by atoms with Crippen LogP contribution in [0, 0.1) is 0 Å². The molecular weight excluding hydrogens is 447 g/mol. The molecule has 3 aliphatic heterocycles. The molecule has 0 radical (unpaired) electrons. The number of halogens is 1. The summed E-state index contributed by atoms with van der Waals surface area (Å²) in [5, 5.41) is 21.9. The van der Waals surface area contributed by atoms with E-state index in [1.54, 1.807) is 0 Å². The van der Waals surface area contributed by atoms with Crippen LogP contribution < -0.4 is 0 Å². The SMILES string of the molecule is C[C@@]1(I)CC[C@@]2(O)[C@@H]3CCC(O)N3C(=O)[C@H](Cc3ccccc3)N2C1=O. The molecule has 2 amide bonds. The summed E-state index contributed by atoms with van der Waals surface area (Å²) in [5.74, 6) is -0.460. The molecule has 26 heavy (non-hydrogen) atoms. The lowest BCUT2D eigenvalue weighted by Crippen LogP contribution is -2.78. The summed E-state index contributed by atoms with van der Waals surface area (Å²) >= 11 is 2.13. The average Bonchev–Trinajstić information content (AvgIpc) is 3.00. The fraction of sp³-hybridized carbons (Fsp3) is 0.579. The molecule has 5 atom stereocenters. The van der Waals surface area contributed by atoms with Crippen molar-refractivity contribution in [1.82, 2.24) is 9.80 Å². The predicted molar refractivity (Wildman–Crippen MR) is 103 cm³/mol. The highest BCUT2D eigenvalue weighted by atomic mass is 127. The molecule has 1 aromatic rings. The zero-order valence-corrected chi connectivity index (χ0v) is 16.8. The lowest BCUT2D eigenvalue weighted by Gasteiger charge is -2.58. The summed E-state index contributed by atoms with van der Waals surface area (Å²) in [7, 11) is 0. The smallest absolute Gasteiger partial charge is 0.248 e. The molecule has 4 rings (SSSR count). The Morgan fingerprint density at radius 2 is 1.88 bits per heavy atom. The lowest BCUT2D eigenvalue weighted by atomic mass is 9.80. The number of hydrogen-bond donors (Lipinski definition) is 2. The van der Waals surface area contributed by atoms with E-state index in [-0.39, 0.29) is 11.8 Å². The highest BCUT2D eigenvalue weighted by molar-refractivity contribution is 14.1. The van der Waals surface area contributed by atoms with Crippen molar-refractivity contribution in [2.24, 2.45) is 0 Å². The first kappa shape index (κ1) is 18.2. The second kappa shape index (κ2) is 6.17. The van der Waals surface area contributed by atoms with E-state index < -0.39 is 27.5 Å². The van der Waals surface area contributed by atoms with Crippen molar-refractivity contribution in [1.29, 1.82) is 0 Å². The van der Waals surface area contributed by atoms with Crippen LogP contribution in [0.15, 0.2) is 30.3 Å². The lowest BCUT2D eigenvalue weighted by molar-refractivity contribution is -0.229. The molecule has 1 unspecified atom stereocenters. The molecule has 0 aliphatic carbocycles. The van der Waals surface area contributed by atoms with E-state index in [1.807, 2.05) is 37.3 Å². The monoisotopic (exact) mass is 470 g/mol. The number of nitrogens with zero attached hydrogens (tertiary/aromatic N) is 2. The zero-order chi connectivity index (χ0) is 18.7. The van der Waals surface area contributed by atoms with Gasteiger partial charge in [-0.1, -0.05) is 52.9 Å². The quantitative estimate of drug-likeness (QED) is 0.507. The fourth-order valence-electron chi connectivity index (χ4n) is 4.66. The van der Waals surface area contributed by atoms with E-state index >= 15 is 0 Å². The summed E-state index contributed by atoms with van der Waals surface area (Å²) in [6.45, 7) is 1.86. The molecule has 3 heterocycles. The standard InChI is InChI=1S/C19H23IN2O4/c1-18(20)9-10-19(26)14-7-8-15(23)21(14)16(24)13(22(19)17(18)25)11-12-5-3-2-4-6-12/h2-6,13-15,23,26H,7-11H2,1H3/t13-,14-,15?,18+,19+/m0/s1. The minimum Gasteiger partial charge on any atom is -0.374 e. The highest BCUT2D eigenvalue weighted by Gasteiger charge is 2.64. The van der Waals surface area contributed by atoms with Crippen LogP contribution >= 0.6 is 22.6 Å². The summed E-state index contributed by atoms with van der Waals surface area (Å²) in [4.78, 5) is 29.3. The molecule has 140 valence electrons. The minimum atomic E-state index is -1.41. The van der Waals surface area contributed by atoms with Gasteiger partial charge in [0.25, 0.3) is 0 Å². The van der Waals surface area contributed by atoms with Gasteiger partial charge in [-0.2, -0.15) is 0 Å². The Kier molecular flexibility index (Phi) is 4.32. The number of carbonyl (C=O) groups is 2. The van der Waals surface area contributed by atoms with Crippen molar-refractivity contribution in [2.75, 3.05) is 0 Å². The van der Waals surface area contributed by atoms with Gasteiger partial charge in [0.2, 0.25) is 11.8 Å². The van der Waals surface area contributed by atoms with Crippen LogP contribution in [0.1, 0.15) is 38.2 Å². The van der Waals surface area contributed by atoms with Crippen molar-refractivity contribution in [3.8, 4) is 0 Å². The van der Waals surface area contributed by atoms with Gasteiger partial charge in [-0.25, -0.2) is 0 Å². The van der Waals surface area contributed by atoms with E-state index in [0.29, 0.717) is 32.1 Å². The Hall–Kier alpha value is -1.19. The number of piperazine rings is 1. The molecule has 7 heteroatoms. The number of hydrogen-bond acceptors (Lipinski definition) is 4. The van der Waals surface area contributed by atoms with Crippen LogP contribution in [-0.2, 0) is 16.0 Å². The Morgan fingerprint density at radius 1 is 1.19 bits per heavy atom. The summed E-state index contributed by atoms with van der Waals surface area (Å²) in [6.07, 6.45) is 1.33. The van der Waals surface area contributed by atoms with Crippen LogP contribution in [0.2, 0.25) is 0 Å². The predicted octanol–water partition coefficient (Wildman–Crippen LogP) is 1.43. The number of alkyl halides is 1. The van der Waals surface area contributed by atoms with E-state index in [9.17, 15) is 19.8 Å². The van der Waals surface area contributed by atoms with Crippen LogP contribution in [0.4, 0.5) is 0 Å². The van der Waals surface area contributed by atoms with Gasteiger partial charge in [0.15, 0.2) is 5.72 Å². The molecule has 1 aromatic carbocycles. The topological polar surface area (TPSA) is 81.1 Å². The molecular formula is C19H23IN2O4. The third-order valence-electron chi connectivity index (χ3n) is 6.06. The van der Waals surface area contributed by atoms with E-state index in [2.05, 4.69) is 22.6 Å². The number of rotatable bonds is 2. The average molecular weight is 470 g/mol. The fourth-order valence-corrected chi connectivity index (χ4v) is 5.19. The normalized spacial score (nSPS) is 39.8. The van der Waals surface area contributed by atoms with Crippen LogP contribution in [0.3, 0.4) is 0 Å². The first-order valence-electron chi connectivity index (χ1n) is 9.05. The largest absolute Gasteiger partial charge is 0.374 e. The van der Waals surface area contributed by atoms with Gasteiger partial charge >= 0.3 is 0 Å². The van der Waals surface area contributed by atoms with Crippen LogP contribution in [0.5, 0.6) is 0 Å². The van der Waals surface area contributed by atoms with Crippen molar-refractivity contribution >= 4 is 34.4 Å². The van der Waals surface area contributed by atoms with E-state index in [1.165, 1.54) is 9.80 Å². The van der Waals surface area contributed by atoms with Gasteiger partial charge in [0.05, 0.1) is 9.46 Å². The number of benzene rings is 1. The molecule has 3 aliphatic rings. The number of aliphatic hydroxyl groups excluding tert-OH is 1. The second-order valence-corrected chi connectivity index (χ2v) is 10.2. The number of carbonyl (C=O) groups excluding carboxylic acids is 2. The van der Waals surface area contributed by atoms with Crippen molar-refractivity contribution in [3.05, 3.63) is 35.9 Å². The molecule has 3 fully saturated rings. The molecule has 0 bridgehead atoms. The Balaban J connectivity index is 1.79. The maximum absolute atomic E-state index is 13.2. The highest BCUT2D eigenvalue weighted by Crippen LogP contribution is 2.48. The third-order valence-corrected chi connectivity index (χ3v) is 7.06. The van der Waals surface area contributed by atoms with Gasteiger partial charge in [0, 0.05) is 6.42 Å². The van der Waals surface area contributed by atoms with Crippen molar-refractivity contribution in [2.45, 2.75) is 66.5 Å². The Bertz CT molecular complexity index is 740. The van der Waals surface area contributed by atoms with Crippen LogP contribution in [0.25, 0.3) is 0 Å². The summed E-state index contributed by atoms with van der Waals surface area (Å²) in [6, 6.07) is 8.18.